The maximum absolute atomic E-state index is 11.9. The molecule has 9 heteroatoms. The van der Waals surface area contributed by atoms with Crippen molar-refractivity contribution < 1.29 is 9.59 Å². The number of imide groups is 1. The summed E-state index contributed by atoms with van der Waals surface area (Å²) >= 11 is 0.875. The zero-order valence-corrected chi connectivity index (χ0v) is 19.1. The normalized spacial score (nSPS) is 18.3. The van der Waals surface area contributed by atoms with Gasteiger partial charge in [0.1, 0.15) is 6.33 Å². The lowest BCUT2D eigenvalue weighted by atomic mass is 10.1. The van der Waals surface area contributed by atoms with Gasteiger partial charge in [-0.1, -0.05) is 19.1 Å². The van der Waals surface area contributed by atoms with E-state index in [1.807, 2.05) is 6.07 Å². The van der Waals surface area contributed by atoms with Crippen LogP contribution in [-0.4, -0.2) is 63.7 Å². The molecule has 0 atom stereocenters. The number of carbonyl (C=O) groups excluding carboxylic acids is 2. The number of nitrogens with one attached hydrogen (secondary N) is 1. The van der Waals surface area contributed by atoms with Gasteiger partial charge < -0.3 is 4.90 Å². The van der Waals surface area contributed by atoms with Crippen LogP contribution in [0.15, 0.2) is 47.8 Å². The Bertz CT molecular complexity index is 1240. The highest BCUT2D eigenvalue weighted by Crippen LogP contribution is 2.30. The Hall–Kier alpha value is -3.30. The molecule has 1 aromatic carbocycles. The largest absolute Gasteiger partial charge is 0.369 e. The number of benzene rings is 1. The zero-order chi connectivity index (χ0) is 22.8. The molecule has 2 aromatic heterocycles. The number of rotatable bonds is 5. The first-order valence-corrected chi connectivity index (χ1v) is 11.9. The van der Waals surface area contributed by atoms with Crippen molar-refractivity contribution in [2.24, 2.45) is 0 Å². The second-order valence-electron chi connectivity index (χ2n) is 8.08. The fraction of sp³-hybridized carbons (Fsp3) is 0.292. The Morgan fingerprint density at radius 1 is 1.06 bits per heavy atom. The molecular formula is C24H24N6O2S. The fourth-order valence-corrected chi connectivity index (χ4v) is 4.88. The van der Waals surface area contributed by atoms with E-state index in [0.717, 1.165) is 60.1 Å². The molecule has 0 unspecified atom stereocenters. The maximum atomic E-state index is 11.9. The van der Waals surface area contributed by atoms with Gasteiger partial charge in [0.25, 0.3) is 11.1 Å². The van der Waals surface area contributed by atoms with Crippen molar-refractivity contribution in [3.05, 3.63) is 53.5 Å². The van der Waals surface area contributed by atoms with Crippen LogP contribution in [0.3, 0.4) is 0 Å². The number of fused-ring (bicyclic) bond motifs is 1. The molecule has 2 saturated heterocycles. The van der Waals surface area contributed by atoms with E-state index in [0.29, 0.717) is 10.6 Å². The predicted octanol–water partition coefficient (Wildman–Crippen LogP) is 3.55. The van der Waals surface area contributed by atoms with Crippen LogP contribution >= 0.6 is 11.8 Å². The number of hydrogen-bond donors (Lipinski definition) is 1. The summed E-state index contributed by atoms with van der Waals surface area (Å²) in [5.41, 5.74) is 4.31. The molecule has 33 heavy (non-hydrogen) atoms. The van der Waals surface area contributed by atoms with Crippen LogP contribution in [0.4, 0.5) is 10.5 Å². The first-order chi connectivity index (χ1) is 16.1. The summed E-state index contributed by atoms with van der Waals surface area (Å²) in [7, 11) is 0. The number of nitrogens with zero attached hydrogens (tertiary/aromatic N) is 5. The Kier molecular flexibility index (Phi) is 6.06. The minimum Gasteiger partial charge on any atom is -0.369 e. The van der Waals surface area contributed by atoms with E-state index in [9.17, 15) is 9.59 Å². The van der Waals surface area contributed by atoms with Gasteiger partial charge in [-0.2, -0.15) is 0 Å². The summed E-state index contributed by atoms with van der Waals surface area (Å²) in [5, 5.41) is 2.73. The van der Waals surface area contributed by atoms with E-state index in [1.54, 1.807) is 12.3 Å². The van der Waals surface area contributed by atoms with Crippen molar-refractivity contribution in [3.8, 4) is 11.3 Å². The van der Waals surface area contributed by atoms with E-state index >= 15 is 0 Å². The predicted molar refractivity (Wildman–Crippen MR) is 131 cm³/mol. The number of piperazine rings is 1. The average molecular weight is 461 g/mol. The monoisotopic (exact) mass is 460 g/mol. The minimum atomic E-state index is -0.400. The Morgan fingerprint density at radius 2 is 1.85 bits per heavy atom. The molecule has 3 aromatic rings. The molecule has 0 saturated carbocycles. The first-order valence-electron chi connectivity index (χ1n) is 11.0. The van der Waals surface area contributed by atoms with Gasteiger partial charge in [-0.05, 0) is 49.0 Å². The molecule has 5 rings (SSSR count). The lowest BCUT2D eigenvalue weighted by Gasteiger charge is -2.36. The summed E-state index contributed by atoms with van der Waals surface area (Å²) in [5.74, 6) is -0.400. The third kappa shape index (κ3) is 4.60. The molecule has 1 N–H and O–H groups in total. The molecule has 2 aliphatic rings. The summed E-state index contributed by atoms with van der Waals surface area (Å²) in [6, 6.07) is 10.3. The average Bonchev–Trinajstić information content (AvgIpc) is 3.16. The number of hydrogen-bond acceptors (Lipinski definition) is 8. The SMILES string of the molecule is CCCN1CCN(c2ccc(-c3ncnc4cnc(C=C5SC(=O)NC5=O)cc34)cc2)CC1. The Morgan fingerprint density at radius 3 is 2.55 bits per heavy atom. The Labute approximate surface area is 196 Å². The van der Waals surface area contributed by atoms with E-state index in [-0.39, 0.29) is 5.24 Å². The molecule has 168 valence electrons. The third-order valence-electron chi connectivity index (χ3n) is 5.88. The molecule has 2 aliphatic heterocycles. The summed E-state index contributed by atoms with van der Waals surface area (Å²) in [6.07, 6.45) is 6.01. The van der Waals surface area contributed by atoms with Gasteiger partial charge in [0.15, 0.2) is 0 Å². The molecule has 0 aliphatic carbocycles. The second kappa shape index (κ2) is 9.29. The van der Waals surface area contributed by atoms with Gasteiger partial charge in [-0.3, -0.25) is 24.8 Å². The van der Waals surface area contributed by atoms with Crippen LogP contribution in [0.2, 0.25) is 0 Å². The summed E-state index contributed by atoms with van der Waals surface area (Å²) in [6.45, 7) is 7.66. The first kappa shape index (κ1) is 21.5. The van der Waals surface area contributed by atoms with Crippen molar-refractivity contribution in [1.29, 1.82) is 0 Å². The molecule has 2 amide bonds. The van der Waals surface area contributed by atoms with Crippen molar-refractivity contribution in [3.63, 3.8) is 0 Å². The highest BCUT2D eigenvalue weighted by molar-refractivity contribution is 8.18. The van der Waals surface area contributed by atoms with Gasteiger partial charge in [0.05, 0.1) is 28.0 Å². The number of thioether (sulfide) groups is 1. The topological polar surface area (TPSA) is 91.3 Å². The van der Waals surface area contributed by atoms with Crippen molar-refractivity contribution in [2.75, 3.05) is 37.6 Å². The third-order valence-corrected chi connectivity index (χ3v) is 6.69. The van der Waals surface area contributed by atoms with E-state index in [2.05, 4.69) is 61.3 Å². The van der Waals surface area contributed by atoms with Crippen LogP contribution in [0.25, 0.3) is 28.2 Å². The number of carbonyl (C=O) groups is 2. The number of aromatic nitrogens is 3. The molecule has 8 nitrogen and oxygen atoms in total. The molecule has 0 radical (unpaired) electrons. The van der Waals surface area contributed by atoms with Crippen LogP contribution < -0.4 is 10.2 Å². The van der Waals surface area contributed by atoms with Crippen LogP contribution in [0, 0.1) is 0 Å². The smallest absolute Gasteiger partial charge is 0.290 e. The quantitative estimate of drug-likeness (QED) is 0.578. The Balaban J connectivity index is 1.41. The fourth-order valence-electron chi connectivity index (χ4n) is 4.22. The van der Waals surface area contributed by atoms with Crippen molar-refractivity contribution >= 4 is 45.6 Å². The maximum Gasteiger partial charge on any atom is 0.290 e. The minimum absolute atomic E-state index is 0.327. The molecule has 0 spiro atoms. The van der Waals surface area contributed by atoms with Crippen LogP contribution in [0.5, 0.6) is 0 Å². The standard InChI is InChI=1S/C24H24N6O2S/c1-2-7-29-8-10-30(11-9-29)18-5-3-16(4-6-18)22-19-12-17(25-14-20(19)26-15-27-22)13-21-23(31)28-24(32)33-21/h3-6,12-15H,2,7-11H2,1H3,(H,28,31,32). The number of amides is 2. The lowest BCUT2D eigenvalue weighted by molar-refractivity contribution is -0.115. The summed E-state index contributed by atoms with van der Waals surface area (Å²) in [4.78, 5) is 41.8. The van der Waals surface area contributed by atoms with Gasteiger partial charge in [0, 0.05) is 42.8 Å². The highest BCUT2D eigenvalue weighted by Gasteiger charge is 2.25. The van der Waals surface area contributed by atoms with Crippen LogP contribution in [-0.2, 0) is 4.79 Å². The van der Waals surface area contributed by atoms with E-state index < -0.39 is 5.91 Å². The van der Waals surface area contributed by atoms with Crippen molar-refractivity contribution in [1.82, 2.24) is 25.2 Å². The second-order valence-corrected chi connectivity index (χ2v) is 9.09. The van der Waals surface area contributed by atoms with Gasteiger partial charge in [0.2, 0.25) is 0 Å². The highest BCUT2D eigenvalue weighted by atomic mass is 32.2. The number of anilines is 1. The molecule has 4 heterocycles. The van der Waals surface area contributed by atoms with E-state index in [1.165, 1.54) is 25.0 Å². The van der Waals surface area contributed by atoms with Gasteiger partial charge in [-0.15, -0.1) is 0 Å². The van der Waals surface area contributed by atoms with Gasteiger partial charge in [-0.25, -0.2) is 9.97 Å². The zero-order valence-electron chi connectivity index (χ0n) is 18.3. The molecule has 2 fully saturated rings. The van der Waals surface area contributed by atoms with E-state index in [4.69, 9.17) is 0 Å². The van der Waals surface area contributed by atoms with Crippen molar-refractivity contribution in [2.45, 2.75) is 13.3 Å². The lowest BCUT2D eigenvalue weighted by Crippen LogP contribution is -2.46. The molecular weight excluding hydrogens is 436 g/mol. The number of pyridine rings is 1. The molecule has 0 bridgehead atoms. The summed E-state index contributed by atoms with van der Waals surface area (Å²) < 4.78 is 0. The van der Waals surface area contributed by atoms with Crippen LogP contribution in [0.1, 0.15) is 19.0 Å². The van der Waals surface area contributed by atoms with Gasteiger partial charge >= 0.3 is 0 Å².